The number of nitrogens with zero attached hydrogens (tertiary/aromatic N) is 1. The fraction of sp³-hybridized carbons (Fsp3) is 0.625. The molecule has 1 atom stereocenters. The van der Waals surface area contributed by atoms with Crippen LogP contribution in [0, 0.1) is 5.82 Å². The Kier molecular flexibility index (Phi) is 4.22. The van der Waals surface area contributed by atoms with E-state index in [0.717, 1.165) is 62.4 Å². The molecule has 3 rings (SSSR count). The summed E-state index contributed by atoms with van der Waals surface area (Å²) in [6.07, 6.45) is 2.90. The van der Waals surface area contributed by atoms with Gasteiger partial charge < -0.3 is 9.47 Å². The third-order valence-corrected chi connectivity index (χ3v) is 4.28. The first kappa shape index (κ1) is 13.8. The van der Waals surface area contributed by atoms with Gasteiger partial charge in [0.1, 0.15) is 24.3 Å². The molecule has 3 nitrogen and oxygen atoms in total. The van der Waals surface area contributed by atoms with Crippen LogP contribution < -0.4 is 4.74 Å². The summed E-state index contributed by atoms with van der Waals surface area (Å²) >= 11 is 0. The van der Waals surface area contributed by atoms with Crippen molar-refractivity contribution in [3.63, 3.8) is 0 Å². The molecule has 0 radical (unpaired) electrons. The number of benzene rings is 1. The lowest BCUT2D eigenvalue weighted by Gasteiger charge is -2.32. The highest BCUT2D eigenvalue weighted by Crippen LogP contribution is 2.32. The van der Waals surface area contributed by atoms with Crippen LogP contribution in [0.5, 0.6) is 5.75 Å². The highest BCUT2D eigenvalue weighted by molar-refractivity contribution is 5.43. The lowest BCUT2D eigenvalue weighted by molar-refractivity contribution is -0.0465. The predicted octanol–water partition coefficient (Wildman–Crippen LogP) is 2.41. The van der Waals surface area contributed by atoms with Gasteiger partial charge >= 0.3 is 0 Å². The number of halogens is 1. The summed E-state index contributed by atoms with van der Waals surface area (Å²) in [6, 6.07) is 3.29. The second kappa shape index (κ2) is 6.10. The Morgan fingerprint density at radius 3 is 3.05 bits per heavy atom. The Morgan fingerprint density at radius 1 is 1.35 bits per heavy atom. The summed E-state index contributed by atoms with van der Waals surface area (Å²) in [7, 11) is 0. The standard InChI is InChI=1S/C16H22FNO2/c1-2-18-8-9-19-12(10-18)11-20-16-7-6-15(17)13-4-3-5-14(13)16/h6-7,12H,2-5,8-11H2,1H3. The molecule has 110 valence electrons. The van der Waals surface area contributed by atoms with Crippen LogP contribution in [0.15, 0.2) is 12.1 Å². The average Bonchev–Trinajstić information content (AvgIpc) is 2.97. The van der Waals surface area contributed by atoms with Gasteiger partial charge in [0.25, 0.3) is 0 Å². The summed E-state index contributed by atoms with van der Waals surface area (Å²) in [6.45, 7) is 6.44. The van der Waals surface area contributed by atoms with E-state index in [-0.39, 0.29) is 11.9 Å². The van der Waals surface area contributed by atoms with Crippen LogP contribution in [0.2, 0.25) is 0 Å². The van der Waals surface area contributed by atoms with E-state index >= 15 is 0 Å². The zero-order valence-corrected chi connectivity index (χ0v) is 12.0. The monoisotopic (exact) mass is 279 g/mol. The highest BCUT2D eigenvalue weighted by Gasteiger charge is 2.23. The van der Waals surface area contributed by atoms with Crippen molar-refractivity contribution in [3.05, 3.63) is 29.1 Å². The van der Waals surface area contributed by atoms with Gasteiger partial charge in [0.05, 0.1) is 6.61 Å². The smallest absolute Gasteiger partial charge is 0.126 e. The van der Waals surface area contributed by atoms with Crippen molar-refractivity contribution in [3.8, 4) is 5.75 Å². The largest absolute Gasteiger partial charge is 0.491 e. The summed E-state index contributed by atoms with van der Waals surface area (Å²) in [4.78, 5) is 2.37. The fourth-order valence-electron chi connectivity index (χ4n) is 3.12. The van der Waals surface area contributed by atoms with E-state index < -0.39 is 0 Å². The summed E-state index contributed by atoms with van der Waals surface area (Å²) < 4.78 is 25.3. The zero-order valence-electron chi connectivity index (χ0n) is 12.0. The van der Waals surface area contributed by atoms with Crippen molar-refractivity contribution in [2.45, 2.75) is 32.3 Å². The van der Waals surface area contributed by atoms with Crippen molar-refractivity contribution in [1.82, 2.24) is 4.90 Å². The van der Waals surface area contributed by atoms with Crippen molar-refractivity contribution in [2.24, 2.45) is 0 Å². The molecule has 0 aromatic heterocycles. The maximum absolute atomic E-state index is 13.7. The molecule has 0 saturated carbocycles. The Bertz CT molecular complexity index is 478. The van der Waals surface area contributed by atoms with Gasteiger partial charge in [-0.05, 0) is 43.5 Å². The minimum absolute atomic E-state index is 0.0871. The first-order valence-electron chi connectivity index (χ1n) is 7.55. The number of hydrogen-bond donors (Lipinski definition) is 0. The maximum atomic E-state index is 13.7. The zero-order chi connectivity index (χ0) is 13.9. The van der Waals surface area contributed by atoms with Crippen molar-refractivity contribution in [1.29, 1.82) is 0 Å². The van der Waals surface area contributed by atoms with Gasteiger partial charge in [0.15, 0.2) is 0 Å². The van der Waals surface area contributed by atoms with Crippen molar-refractivity contribution >= 4 is 0 Å². The van der Waals surface area contributed by atoms with Gasteiger partial charge in [-0.1, -0.05) is 6.92 Å². The van der Waals surface area contributed by atoms with Gasteiger partial charge in [-0.3, -0.25) is 4.90 Å². The Morgan fingerprint density at radius 2 is 2.20 bits per heavy atom. The van der Waals surface area contributed by atoms with Gasteiger partial charge in [-0.25, -0.2) is 4.39 Å². The number of rotatable bonds is 4. The van der Waals surface area contributed by atoms with Crippen molar-refractivity contribution in [2.75, 3.05) is 32.8 Å². The minimum Gasteiger partial charge on any atom is -0.491 e. The van der Waals surface area contributed by atoms with E-state index in [1.54, 1.807) is 6.07 Å². The molecule has 0 spiro atoms. The van der Waals surface area contributed by atoms with Crippen LogP contribution >= 0.6 is 0 Å². The topological polar surface area (TPSA) is 21.7 Å². The van der Waals surface area contributed by atoms with Crippen LogP contribution in [-0.2, 0) is 17.6 Å². The molecule has 1 unspecified atom stereocenters. The van der Waals surface area contributed by atoms with E-state index in [0.29, 0.717) is 6.61 Å². The number of morpholine rings is 1. The predicted molar refractivity (Wildman–Crippen MR) is 75.8 cm³/mol. The van der Waals surface area contributed by atoms with Crippen LogP contribution in [0.3, 0.4) is 0 Å². The van der Waals surface area contributed by atoms with Gasteiger partial charge in [-0.15, -0.1) is 0 Å². The molecule has 20 heavy (non-hydrogen) atoms. The molecule has 1 heterocycles. The quantitative estimate of drug-likeness (QED) is 0.845. The Labute approximate surface area is 119 Å². The molecule has 1 aromatic rings. The minimum atomic E-state index is -0.0871. The lowest BCUT2D eigenvalue weighted by Crippen LogP contribution is -2.44. The third kappa shape index (κ3) is 2.81. The number of hydrogen-bond acceptors (Lipinski definition) is 3. The lowest BCUT2D eigenvalue weighted by atomic mass is 10.1. The van der Waals surface area contributed by atoms with E-state index in [1.807, 2.05) is 0 Å². The van der Waals surface area contributed by atoms with Crippen LogP contribution in [0.25, 0.3) is 0 Å². The number of likely N-dealkylation sites (N-methyl/N-ethyl adjacent to an activating group) is 1. The van der Waals surface area contributed by atoms with Crippen LogP contribution in [-0.4, -0.2) is 43.9 Å². The normalized spacial score (nSPS) is 22.8. The maximum Gasteiger partial charge on any atom is 0.126 e. The molecular formula is C16H22FNO2. The Balaban J connectivity index is 1.63. The van der Waals surface area contributed by atoms with Gasteiger partial charge in [-0.2, -0.15) is 0 Å². The van der Waals surface area contributed by atoms with E-state index in [4.69, 9.17) is 9.47 Å². The van der Waals surface area contributed by atoms with Gasteiger partial charge in [0.2, 0.25) is 0 Å². The third-order valence-electron chi connectivity index (χ3n) is 4.28. The molecule has 1 saturated heterocycles. The molecule has 2 aliphatic rings. The second-order valence-corrected chi connectivity index (χ2v) is 5.55. The summed E-state index contributed by atoms with van der Waals surface area (Å²) in [5.74, 6) is 0.757. The summed E-state index contributed by atoms with van der Waals surface area (Å²) in [5, 5.41) is 0. The van der Waals surface area contributed by atoms with Crippen LogP contribution in [0.1, 0.15) is 24.5 Å². The first-order chi connectivity index (χ1) is 9.78. The molecule has 4 heteroatoms. The highest BCUT2D eigenvalue weighted by atomic mass is 19.1. The fourth-order valence-corrected chi connectivity index (χ4v) is 3.12. The van der Waals surface area contributed by atoms with E-state index in [1.165, 1.54) is 6.07 Å². The number of ether oxygens (including phenoxy) is 2. The average molecular weight is 279 g/mol. The molecular weight excluding hydrogens is 257 g/mol. The van der Waals surface area contributed by atoms with Crippen LogP contribution in [0.4, 0.5) is 4.39 Å². The van der Waals surface area contributed by atoms with Crippen molar-refractivity contribution < 1.29 is 13.9 Å². The van der Waals surface area contributed by atoms with E-state index in [2.05, 4.69) is 11.8 Å². The number of fused-ring (bicyclic) bond motifs is 1. The molecule has 1 fully saturated rings. The molecule has 1 aliphatic carbocycles. The van der Waals surface area contributed by atoms with Gasteiger partial charge in [0, 0.05) is 18.7 Å². The Hall–Kier alpha value is -1.13. The molecule has 0 amide bonds. The molecule has 1 aliphatic heterocycles. The summed E-state index contributed by atoms with van der Waals surface area (Å²) in [5.41, 5.74) is 1.91. The second-order valence-electron chi connectivity index (χ2n) is 5.55. The molecule has 0 N–H and O–H groups in total. The molecule has 1 aromatic carbocycles. The first-order valence-corrected chi connectivity index (χ1v) is 7.55. The van der Waals surface area contributed by atoms with E-state index in [9.17, 15) is 4.39 Å². The molecule has 0 bridgehead atoms. The SMILES string of the molecule is CCN1CCOC(COc2ccc(F)c3c2CCC3)C1.